The number of aromatic nitrogens is 1. The molecule has 0 fully saturated rings. The number of rotatable bonds is 3. The van der Waals surface area contributed by atoms with Crippen molar-refractivity contribution in [2.75, 3.05) is 0 Å². The molecule has 0 saturated heterocycles. The van der Waals surface area contributed by atoms with Crippen LogP contribution < -0.4 is 10.2 Å². The molecule has 0 aliphatic carbocycles. The number of ether oxygens (including phenoxy) is 1. The highest BCUT2D eigenvalue weighted by molar-refractivity contribution is 5.86. The molecule has 1 aromatic heterocycles. The van der Waals surface area contributed by atoms with Gasteiger partial charge in [-0.15, -0.1) is 0 Å². The third-order valence-electron chi connectivity index (χ3n) is 4.60. The zero-order valence-electron chi connectivity index (χ0n) is 14.9. The van der Waals surface area contributed by atoms with Gasteiger partial charge in [0.25, 0.3) is 0 Å². The SMILES string of the molecule is CCc1[nH]c2cc(C)c(Oc3ccc(C)cc3)c(C)c2c(=O)c1C. The zero-order valence-corrected chi connectivity index (χ0v) is 14.9. The fraction of sp³-hybridized carbons (Fsp3) is 0.286. The standard InChI is InChI=1S/C21H23NO2/c1-6-17-14(4)20(23)19-15(5)21(13(3)11-18(19)22-17)24-16-9-7-12(2)8-10-16/h7-11H,6H2,1-5H3,(H,22,23). The topological polar surface area (TPSA) is 42.1 Å². The molecule has 1 N–H and O–H groups in total. The van der Waals surface area contributed by atoms with Crippen molar-refractivity contribution >= 4 is 10.9 Å². The highest BCUT2D eigenvalue weighted by atomic mass is 16.5. The van der Waals surface area contributed by atoms with Crippen molar-refractivity contribution in [2.45, 2.75) is 41.0 Å². The van der Waals surface area contributed by atoms with Crippen LogP contribution in [0.3, 0.4) is 0 Å². The number of fused-ring (bicyclic) bond motifs is 1. The largest absolute Gasteiger partial charge is 0.457 e. The van der Waals surface area contributed by atoms with E-state index in [1.165, 1.54) is 5.56 Å². The minimum absolute atomic E-state index is 0.0897. The summed E-state index contributed by atoms with van der Waals surface area (Å²) in [7, 11) is 0. The summed E-state index contributed by atoms with van der Waals surface area (Å²) in [5.41, 5.74) is 5.85. The molecule has 0 bridgehead atoms. The van der Waals surface area contributed by atoms with Crippen LogP contribution in [0.15, 0.2) is 35.1 Å². The van der Waals surface area contributed by atoms with Gasteiger partial charge >= 0.3 is 0 Å². The van der Waals surface area contributed by atoms with Crippen LogP contribution in [0, 0.1) is 27.7 Å². The van der Waals surface area contributed by atoms with E-state index in [0.717, 1.165) is 51.2 Å². The summed E-state index contributed by atoms with van der Waals surface area (Å²) < 4.78 is 6.10. The van der Waals surface area contributed by atoms with E-state index in [0.29, 0.717) is 0 Å². The van der Waals surface area contributed by atoms with E-state index < -0.39 is 0 Å². The second-order valence-corrected chi connectivity index (χ2v) is 6.40. The van der Waals surface area contributed by atoms with Gasteiger partial charge in [0.1, 0.15) is 11.5 Å². The lowest BCUT2D eigenvalue weighted by Gasteiger charge is -2.16. The predicted molar refractivity (Wildman–Crippen MR) is 99.4 cm³/mol. The Morgan fingerprint density at radius 3 is 2.29 bits per heavy atom. The molecule has 3 rings (SSSR count). The van der Waals surface area contributed by atoms with E-state index in [1.54, 1.807) is 0 Å². The lowest BCUT2D eigenvalue weighted by atomic mass is 10.0. The van der Waals surface area contributed by atoms with E-state index in [9.17, 15) is 4.79 Å². The first-order valence-corrected chi connectivity index (χ1v) is 8.32. The Bertz CT molecular complexity index is 966. The van der Waals surface area contributed by atoms with Gasteiger partial charge in [0.15, 0.2) is 5.43 Å². The minimum Gasteiger partial charge on any atom is -0.457 e. The maximum Gasteiger partial charge on any atom is 0.192 e. The molecular weight excluding hydrogens is 298 g/mol. The molecule has 124 valence electrons. The van der Waals surface area contributed by atoms with E-state index in [2.05, 4.69) is 11.9 Å². The van der Waals surface area contributed by atoms with Crippen LogP contribution in [-0.4, -0.2) is 4.98 Å². The van der Waals surface area contributed by atoms with Gasteiger partial charge < -0.3 is 9.72 Å². The molecule has 0 saturated carbocycles. The molecule has 0 radical (unpaired) electrons. The summed E-state index contributed by atoms with van der Waals surface area (Å²) in [5, 5.41) is 0.720. The number of aromatic amines is 1. The van der Waals surface area contributed by atoms with Gasteiger partial charge in [0.2, 0.25) is 0 Å². The van der Waals surface area contributed by atoms with Crippen molar-refractivity contribution in [3.63, 3.8) is 0 Å². The van der Waals surface area contributed by atoms with Crippen molar-refractivity contribution in [2.24, 2.45) is 0 Å². The summed E-state index contributed by atoms with van der Waals surface area (Å²) in [6.07, 6.45) is 0.816. The average Bonchev–Trinajstić information content (AvgIpc) is 2.56. The molecule has 0 atom stereocenters. The molecule has 1 heterocycles. The molecule has 3 nitrogen and oxygen atoms in total. The summed E-state index contributed by atoms with van der Waals surface area (Å²) in [6, 6.07) is 9.95. The van der Waals surface area contributed by atoms with E-state index in [4.69, 9.17) is 4.74 Å². The van der Waals surface area contributed by atoms with Gasteiger partial charge in [-0.3, -0.25) is 4.79 Å². The van der Waals surface area contributed by atoms with Crippen LogP contribution in [-0.2, 0) is 6.42 Å². The van der Waals surface area contributed by atoms with E-state index in [1.807, 2.05) is 58.0 Å². The van der Waals surface area contributed by atoms with Crippen molar-refractivity contribution in [1.82, 2.24) is 4.98 Å². The molecule has 24 heavy (non-hydrogen) atoms. The maximum absolute atomic E-state index is 12.8. The van der Waals surface area contributed by atoms with Crippen LogP contribution in [0.4, 0.5) is 0 Å². The third kappa shape index (κ3) is 2.71. The molecule has 0 aliphatic rings. The number of hydrogen-bond donors (Lipinski definition) is 1. The smallest absolute Gasteiger partial charge is 0.192 e. The normalized spacial score (nSPS) is 11.0. The van der Waals surface area contributed by atoms with Gasteiger partial charge in [-0.1, -0.05) is 24.6 Å². The first-order valence-electron chi connectivity index (χ1n) is 8.32. The molecule has 2 aromatic carbocycles. The predicted octanol–water partition coefficient (Wildman–Crippen LogP) is 5.12. The molecular formula is C21H23NO2. The number of hydrogen-bond acceptors (Lipinski definition) is 2. The Balaban J connectivity index is 2.21. The minimum atomic E-state index is 0.0897. The van der Waals surface area contributed by atoms with Crippen molar-refractivity contribution in [1.29, 1.82) is 0 Å². The number of benzene rings is 2. The second-order valence-electron chi connectivity index (χ2n) is 6.40. The van der Waals surface area contributed by atoms with Crippen LogP contribution in [0.5, 0.6) is 11.5 Å². The summed E-state index contributed by atoms with van der Waals surface area (Å²) in [4.78, 5) is 16.2. The summed E-state index contributed by atoms with van der Waals surface area (Å²) >= 11 is 0. The first kappa shape index (κ1) is 16.3. The Morgan fingerprint density at radius 1 is 1.00 bits per heavy atom. The maximum atomic E-state index is 12.8. The van der Waals surface area contributed by atoms with E-state index >= 15 is 0 Å². The number of pyridine rings is 1. The van der Waals surface area contributed by atoms with Gasteiger partial charge in [-0.2, -0.15) is 0 Å². The van der Waals surface area contributed by atoms with Gasteiger partial charge in [0.05, 0.1) is 10.9 Å². The third-order valence-corrected chi connectivity index (χ3v) is 4.60. The average molecular weight is 321 g/mol. The first-order chi connectivity index (χ1) is 11.4. The van der Waals surface area contributed by atoms with Gasteiger partial charge in [-0.25, -0.2) is 0 Å². The molecule has 3 heteroatoms. The fourth-order valence-corrected chi connectivity index (χ4v) is 3.17. The molecule has 0 unspecified atom stereocenters. The van der Waals surface area contributed by atoms with Crippen molar-refractivity contribution in [3.05, 3.63) is 68.5 Å². The molecule has 0 amide bonds. The van der Waals surface area contributed by atoms with Crippen molar-refractivity contribution in [3.8, 4) is 11.5 Å². The number of aryl methyl sites for hydroxylation is 4. The Morgan fingerprint density at radius 2 is 1.67 bits per heavy atom. The fourth-order valence-electron chi connectivity index (χ4n) is 3.17. The second kappa shape index (κ2) is 6.16. The van der Waals surface area contributed by atoms with Gasteiger partial charge in [-0.05, 0) is 57.9 Å². The molecule has 0 spiro atoms. The Labute approximate surface area is 142 Å². The van der Waals surface area contributed by atoms with Crippen molar-refractivity contribution < 1.29 is 4.74 Å². The molecule has 0 aliphatic heterocycles. The highest BCUT2D eigenvalue weighted by Gasteiger charge is 2.15. The summed E-state index contributed by atoms with van der Waals surface area (Å²) in [5.74, 6) is 1.55. The van der Waals surface area contributed by atoms with Gasteiger partial charge in [0, 0.05) is 16.8 Å². The van der Waals surface area contributed by atoms with Crippen LogP contribution >= 0.6 is 0 Å². The zero-order chi connectivity index (χ0) is 17.4. The monoisotopic (exact) mass is 321 g/mol. The Hall–Kier alpha value is -2.55. The summed E-state index contributed by atoms with van der Waals surface area (Å²) in [6.45, 7) is 9.96. The van der Waals surface area contributed by atoms with E-state index in [-0.39, 0.29) is 5.43 Å². The van der Waals surface area contributed by atoms with Crippen LogP contribution in [0.25, 0.3) is 10.9 Å². The molecule has 3 aromatic rings. The highest BCUT2D eigenvalue weighted by Crippen LogP contribution is 2.33. The van der Waals surface area contributed by atoms with Crippen LogP contribution in [0.2, 0.25) is 0 Å². The lowest BCUT2D eigenvalue weighted by molar-refractivity contribution is 0.476. The quantitative estimate of drug-likeness (QED) is 0.728. The number of H-pyrrole nitrogens is 1. The lowest BCUT2D eigenvalue weighted by Crippen LogP contribution is -2.13. The van der Waals surface area contributed by atoms with Crippen LogP contribution in [0.1, 0.15) is 34.9 Å². The number of nitrogens with one attached hydrogen (secondary N) is 1. The Kier molecular flexibility index (Phi) is 4.18.